The number of hydrogen-bond donors (Lipinski definition) is 0. The highest BCUT2D eigenvalue weighted by molar-refractivity contribution is 7.12. The van der Waals surface area contributed by atoms with Crippen LogP contribution in [0, 0.1) is 6.92 Å². The number of nitrogens with zero attached hydrogens (tertiary/aromatic N) is 2. The number of para-hydroxylation sites is 1. The summed E-state index contributed by atoms with van der Waals surface area (Å²) in [5, 5.41) is 6.16. The number of aryl methyl sites for hydroxylation is 1. The standard InChI is InChI=1S/C16H14N2O2S/c1-12-7-8-21-15(12)16(19)20-11-13-9-17-18(10-13)14-5-3-2-4-6-14/h2-10H,11H2,1H3. The second kappa shape index (κ2) is 5.93. The van der Waals surface area contributed by atoms with E-state index in [2.05, 4.69) is 5.10 Å². The molecule has 0 aliphatic carbocycles. The summed E-state index contributed by atoms with van der Waals surface area (Å²) in [7, 11) is 0. The highest BCUT2D eigenvalue weighted by Crippen LogP contribution is 2.17. The molecule has 3 rings (SSSR count). The number of aromatic nitrogens is 2. The fourth-order valence-electron chi connectivity index (χ4n) is 1.95. The third-order valence-corrected chi connectivity index (χ3v) is 4.07. The molecule has 0 aliphatic heterocycles. The molecule has 0 fully saturated rings. The minimum absolute atomic E-state index is 0.225. The van der Waals surface area contributed by atoms with Crippen molar-refractivity contribution in [2.75, 3.05) is 0 Å². The van der Waals surface area contributed by atoms with Gasteiger partial charge in [-0.3, -0.25) is 0 Å². The normalized spacial score (nSPS) is 10.5. The van der Waals surface area contributed by atoms with Crippen molar-refractivity contribution >= 4 is 17.3 Å². The molecule has 0 amide bonds. The van der Waals surface area contributed by atoms with Crippen LogP contribution in [0.15, 0.2) is 54.2 Å². The van der Waals surface area contributed by atoms with Crippen LogP contribution in [0.2, 0.25) is 0 Å². The molecule has 0 saturated heterocycles. The summed E-state index contributed by atoms with van der Waals surface area (Å²) >= 11 is 1.40. The number of ether oxygens (including phenoxy) is 1. The molecule has 0 atom stereocenters. The quantitative estimate of drug-likeness (QED) is 0.691. The molecule has 4 nitrogen and oxygen atoms in total. The van der Waals surface area contributed by atoms with Crippen LogP contribution in [0.5, 0.6) is 0 Å². The number of benzene rings is 1. The average Bonchev–Trinajstić information content (AvgIpc) is 3.15. The molecule has 3 aromatic rings. The topological polar surface area (TPSA) is 44.1 Å². The van der Waals surface area contributed by atoms with Crippen LogP contribution in [-0.4, -0.2) is 15.7 Å². The Morgan fingerprint density at radius 1 is 1.29 bits per heavy atom. The third kappa shape index (κ3) is 3.03. The number of esters is 1. The van der Waals surface area contributed by atoms with Crippen molar-refractivity contribution in [3.63, 3.8) is 0 Å². The van der Waals surface area contributed by atoms with Gasteiger partial charge >= 0.3 is 5.97 Å². The van der Waals surface area contributed by atoms with E-state index in [9.17, 15) is 4.79 Å². The van der Waals surface area contributed by atoms with E-state index in [1.165, 1.54) is 11.3 Å². The van der Waals surface area contributed by atoms with Gasteiger partial charge in [0.25, 0.3) is 0 Å². The van der Waals surface area contributed by atoms with Crippen molar-refractivity contribution in [2.24, 2.45) is 0 Å². The molecule has 2 heterocycles. The van der Waals surface area contributed by atoms with E-state index in [4.69, 9.17) is 4.74 Å². The minimum atomic E-state index is -0.282. The highest BCUT2D eigenvalue weighted by Gasteiger charge is 2.12. The van der Waals surface area contributed by atoms with E-state index in [-0.39, 0.29) is 12.6 Å². The molecule has 5 heteroatoms. The fourth-order valence-corrected chi connectivity index (χ4v) is 2.77. The van der Waals surface area contributed by atoms with Gasteiger partial charge in [0.1, 0.15) is 11.5 Å². The number of rotatable bonds is 4. The Morgan fingerprint density at radius 2 is 2.10 bits per heavy atom. The Kier molecular flexibility index (Phi) is 3.83. The Hall–Kier alpha value is -2.40. The van der Waals surface area contributed by atoms with Crippen LogP contribution in [0.25, 0.3) is 5.69 Å². The first-order chi connectivity index (χ1) is 10.2. The van der Waals surface area contributed by atoms with E-state index < -0.39 is 0 Å². The third-order valence-electron chi connectivity index (χ3n) is 3.07. The van der Waals surface area contributed by atoms with Crippen molar-refractivity contribution in [3.05, 3.63) is 70.2 Å². The van der Waals surface area contributed by atoms with Crippen LogP contribution in [0.4, 0.5) is 0 Å². The van der Waals surface area contributed by atoms with Gasteiger partial charge in [0.2, 0.25) is 0 Å². The van der Waals surface area contributed by atoms with Gasteiger partial charge < -0.3 is 4.74 Å². The summed E-state index contributed by atoms with van der Waals surface area (Å²) in [5.74, 6) is -0.282. The molecular weight excluding hydrogens is 284 g/mol. The number of carbonyl (C=O) groups is 1. The lowest BCUT2D eigenvalue weighted by molar-refractivity contribution is 0.0478. The molecule has 0 unspecified atom stereocenters. The van der Waals surface area contributed by atoms with Crippen LogP contribution in [0.1, 0.15) is 20.8 Å². The molecule has 0 radical (unpaired) electrons. The lowest BCUT2D eigenvalue weighted by atomic mass is 10.3. The van der Waals surface area contributed by atoms with E-state index in [0.29, 0.717) is 4.88 Å². The zero-order valence-corrected chi connectivity index (χ0v) is 12.3. The summed E-state index contributed by atoms with van der Waals surface area (Å²) < 4.78 is 7.08. The van der Waals surface area contributed by atoms with Gasteiger partial charge in [0, 0.05) is 11.8 Å². The molecule has 2 aromatic heterocycles. The summed E-state index contributed by atoms with van der Waals surface area (Å²) in [4.78, 5) is 12.6. The predicted molar refractivity (Wildman–Crippen MR) is 81.7 cm³/mol. The molecular formula is C16H14N2O2S. The van der Waals surface area contributed by atoms with Crippen molar-refractivity contribution in [3.8, 4) is 5.69 Å². The molecule has 21 heavy (non-hydrogen) atoms. The Bertz CT molecular complexity index is 746. The fraction of sp³-hybridized carbons (Fsp3) is 0.125. The first-order valence-corrected chi connectivity index (χ1v) is 7.42. The Morgan fingerprint density at radius 3 is 2.81 bits per heavy atom. The van der Waals surface area contributed by atoms with Gasteiger partial charge in [-0.25, -0.2) is 9.48 Å². The maximum absolute atomic E-state index is 11.9. The van der Waals surface area contributed by atoms with Gasteiger partial charge in [0.15, 0.2) is 0 Å². The van der Waals surface area contributed by atoms with Crippen molar-refractivity contribution < 1.29 is 9.53 Å². The zero-order chi connectivity index (χ0) is 14.7. The van der Waals surface area contributed by atoms with Crippen molar-refractivity contribution in [2.45, 2.75) is 13.5 Å². The highest BCUT2D eigenvalue weighted by atomic mass is 32.1. The number of hydrogen-bond acceptors (Lipinski definition) is 4. The smallest absolute Gasteiger partial charge is 0.348 e. The molecule has 0 bridgehead atoms. The Labute approximate surface area is 126 Å². The molecule has 0 spiro atoms. The van der Waals surface area contributed by atoms with Crippen LogP contribution in [0.3, 0.4) is 0 Å². The lowest BCUT2D eigenvalue weighted by Crippen LogP contribution is -2.04. The van der Waals surface area contributed by atoms with Crippen LogP contribution < -0.4 is 0 Å². The number of thiophene rings is 1. The van der Waals surface area contributed by atoms with Crippen molar-refractivity contribution in [1.82, 2.24) is 9.78 Å². The van der Waals surface area contributed by atoms with Gasteiger partial charge in [-0.05, 0) is 36.1 Å². The van der Waals surface area contributed by atoms with E-state index in [1.807, 2.05) is 54.9 Å². The SMILES string of the molecule is Cc1ccsc1C(=O)OCc1cnn(-c2ccccc2)c1. The largest absolute Gasteiger partial charge is 0.457 e. The monoisotopic (exact) mass is 298 g/mol. The van der Waals surface area contributed by atoms with Gasteiger partial charge in [-0.15, -0.1) is 11.3 Å². The van der Waals surface area contributed by atoms with Gasteiger partial charge in [0.05, 0.1) is 11.9 Å². The zero-order valence-electron chi connectivity index (χ0n) is 11.5. The summed E-state index contributed by atoms with van der Waals surface area (Å²) in [6.45, 7) is 2.13. The van der Waals surface area contributed by atoms with Crippen LogP contribution in [-0.2, 0) is 11.3 Å². The average molecular weight is 298 g/mol. The maximum Gasteiger partial charge on any atom is 0.348 e. The van der Waals surface area contributed by atoms with E-state index >= 15 is 0 Å². The second-order valence-corrected chi connectivity index (χ2v) is 5.55. The predicted octanol–water partition coefficient (Wildman–Crippen LogP) is 3.60. The summed E-state index contributed by atoms with van der Waals surface area (Å²) in [6.07, 6.45) is 3.57. The van der Waals surface area contributed by atoms with Gasteiger partial charge in [-0.1, -0.05) is 18.2 Å². The van der Waals surface area contributed by atoms with E-state index in [1.54, 1.807) is 10.9 Å². The molecule has 0 saturated carbocycles. The molecule has 1 aromatic carbocycles. The van der Waals surface area contributed by atoms with Crippen LogP contribution >= 0.6 is 11.3 Å². The number of carbonyl (C=O) groups excluding carboxylic acids is 1. The van der Waals surface area contributed by atoms with Gasteiger partial charge in [-0.2, -0.15) is 5.10 Å². The molecule has 0 N–H and O–H groups in total. The first kappa shape index (κ1) is 13.6. The molecule has 106 valence electrons. The minimum Gasteiger partial charge on any atom is -0.457 e. The summed E-state index contributed by atoms with van der Waals surface area (Å²) in [6, 6.07) is 11.7. The second-order valence-electron chi connectivity index (χ2n) is 4.64. The lowest BCUT2D eigenvalue weighted by Gasteiger charge is -2.02. The maximum atomic E-state index is 11.9. The first-order valence-electron chi connectivity index (χ1n) is 6.54. The molecule has 0 aliphatic rings. The van der Waals surface area contributed by atoms with E-state index in [0.717, 1.165) is 16.8 Å². The Balaban J connectivity index is 1.66. The van der Waals surface area contributed by atoms with Crippen molar-refractivity contribution in [1.29, 1.82) is 0 Å². The summed E-state index contributed by atoms with van der Waals surface area (Å²) in [5.41, 5.74) is 2.79.